The second kappa shape index (κ2) is 4.39. The van der Waals surface area contributed by atoms with Gasteiger partial charge in [0.2, 0.25) is 10.0 Å². The van der Waals surface area contributed by atoms with E-state index in [0.29, 0.717) is 5.69 Å². The molecule has 14 heavy (non-hydrogen) atoms. The Morgan fingerprint density at radius 1 is 1.50 bits per heavy atom. The lowest BCUT2D eigenvalue weighted by Gasteiger charge is -2.12. The van der Waals surface area contributed by atoms with Crippen LogP contribution in [0.1, 0.15) is 6.92 Å². The maximum atomic E-state index is 11.5. The third kappa shape index (κ3) is 2.68. The van der Waals surface area contributed by atoms with Gasteiger partial charge in [-0.3, -0.25) is 9.71 Å². The van der Waals surface area contributed by atoms with Gasteiger partial charge in [0, 0.05) is 18.9 Å². The van der Waals surface area contributed by atoms with Gasteiger partial charge in [0.1, 0.15) is 0 Å². The van der Waals surface area contributed by atoms with Gasteiger partial charge in [-0.15, -0.1) is 0 Å². The lowest BCUT2D eigenvalue weighted by atomic mass is 10.4. The molecular weight excluding hydrogens is 202 g/mol. The zero-order valence-electron chi connectivity index (χ0n) is 7.84. The maximum Gasteiger partial charge on any atom is 0.236 e. The minimum atomic E-state index is -3.37. The van der Waals surface area contributed by atoms with E-state index < -0.39 is 15.3 Å². The predicted octanol–water partition coefficient (Wildman–Crippen LogP) is 0.170. The standard InChI is InChI=1S/C8H13N3O2S/c1-7(6-9)14(12,13)11-8-2-4-10-5-3-8/h2-5,7H,6,9H2,1H3,(H,10,11). The molecule has 3 N–H and O–H groups in total. The van der Waals surface area contributed by atoms with E-state index in [1.165, 1.54) is 12.4 Å². The van der Waals surface area contributed by atoms with Crippen LogP contribution in [0, 0.1) is 0 Å². The van der Waals surface area contributed by atoms with E-state index in [4.69, 9.17) is 5.73 Å². The first kappa shape index (κ1) is 10.9. The van der Waals surface area contributed by atoms with Crippen molar-refractivity contribution in [2.45, 2.75) is 12.2 Å². The van der Waals surface area contributed by atoms with Crippen LogP contribution in [0.3, 0.4) is 0 Å². The van der Waals surface area contributed by atoms with Gasteiger partial charge in [0.15, 0.2) is 0 Å². The van der Waals surface area contributed by atoms with Crippen LogP contribution in [-0.2, 0) is 10.0 Å². The molecule has 0 aliphatic carbocycles. The summed E-state index contributed by atoms with van der Waals surface area (Å²) < 4.78 is 25.5. The highest BCUT2D eigenvalue weighted by molar-refractivity contribution is 7.93. The molecule has 0 spiro atoms. The summed E-state index contributed by atoms with van der Waals surface area (Å²) in [7, 11) is -3.37. The average Bonchev–Trinajstić information content (AvgIpc) is 2.17. The molecule has 0 bridgehead atoms. The molecule has 1 unspecified atom stereocenters. The number of anilines is 1. The third-order valence-electron chi connectivity index (χ3n) is 1.80. The van der Waals surface area contributed by atoms with Crippen molar-refractivity contribution in [1.82, 2.24) is 4.98 Å². The van der Waals surface area contributed by atoms with E-state index in [2.05, 4.69) is 9.71 Å². The van der Waals surface area contributed by atoms with Gasteiger partial charge in [-0.05, 0) is 19.1 Å². The summed E-state index contributed by atoms with van der Waals surface area (Å²) in [6.45, 7) is 1.66. The van der Waals surface area contributed by atoms with Gasteiger partial charge >= 0.3 is 0 Å². The first-order valence-electron chi connectivity index (χ1n) is 4.18. The molecule has 1 heterocycles. The summed E-state index contributed by atoms with van der Waals surface area (Å²) >= 11 is 0. The zero-order valence-corrected chi connectivity index (χ0v) is 8.66. The molecule has 1 rings (SSSR count). The van der Waals surface area contributed by atoms with Crippen LogP contribution >= 0.6 is 0 Å². The number of pyridine rings is 1. The van der Waals surface area contributed by atoms with Crippen molar-refractivity contribution in [2.75, 3.05) is 11.3 Å². The van der Waals surface area contributed by atoms with Crippen LogP contribution in [0.25, 0.3) is 0 Å². The van der Waals surface area contributed by atoms with Gasteiger partial charge in [-0.1, -0.05) is 0 Å². The Morgan fingerprint density at radius 2 is 2.07 bits per heavy atom. The Morgan fingerprint density at radius 3 is 2.57 bits per heavy atom. The number of rotatable bonds is 4. The molecule has 78 valence electrons. The molecule has 1 aromatic rings. The number of nitrogens with one attached hydrogen (secondary N) is 1. The van der Waals surface area contributed by atoms with E-state index in [0.717, 1.165) is 0 Å². The molecule has 1 aromatic heterocycles. The smallest absolute Gasteiger partial charge is 0.236 e. The van der Waals surface area contributed by atoms with Crippen molar-refractivity contribution in [1.29, 1.82) is 0 Å². The number of nitrogens with zero attached hydrogens (tertiary/aromatic N) is 1. The lowest BCUT2D eigenvalue weighted by molar-refractivity contribution is 0.589. The minimum Gasteiger partial charge on any atom is -0.329 e. The second-order valence-corrected chi connectivity index (χ2v) is 5.03. The van der Waals surface area contributed by atoms with E-state index in [9.17, 15) is 8.42 Å². The van der Waals surface area contributed by atoms with Crippen molar-refractivity contribution in [3.05, 3.63) is 24.5 Å². The Labute approximate surface area is 83.4 Å². The van der Waals surface area contributed by atoms with E-state index in [1.807, 2.05) is 0 Å². The minimum absolute atomic E-state index is 0.0976. The summed E-state index contributed by atoms with van der Waals surface area (Å²) in [5.74, 6) is 0. The van der Waals surface area contributed by atoms with E-state index >= 15 is 0 Å². The Bertz CT molecular complexity index is 377. The lowest BCUT2D eigenvalue weighted by Crippen LogP contribution is -2.31. The molecular formula is C8H13N3O2S. The molecule has 0 aliphatic rings. The van der Waals surface area contributed by atoms with Gasteiger partial charge in [0.05, 0.1) is 10.9 Å². The number of sulfonamides is 1. The Balaban J connectivity index is 2.79. The fourth-order valence-electron chi connectivity index (χ4n) is 0.811. The fourth-order valence-corrected chi connectivity index (χ4v) is 1.73. The zero-order chi connectivity index (χ0) is 10.6. The molecule has 0 amide bonds. The van der Waals surface area contributed by atoms with Crippen molar-refractivity contribution >= 4 is 15.7 Å². The van der Waals surface area contributed by atoms with Crippen LogP contribution in [0.4, 0.5) is 5.69 Å². The van der Waals surface area contributed by atoms with Crippen molar-refractivity contribution in [2.24, 2.45) is 5.73 Å². The summed E-state index contributed by atoms with van der Waals surface area (Å²) in [5.41, 5.74) is 5.78. The van der Waals surface area contributed by atoms with Crippen molar-refractivity contribution in [3.8, 4) is 0 Å². The molecule has 0 aromatic carbocycles. The SMILES string of the molecule is CC(CN)S(=O)(=O)Nc1ccncc1. The Kier molecular flexibility index (Phi) is 3.43. The number of aromatic nitrogens is 1. The van der Waals surface area contributed by atoms with Gasteiger partial charge in [0.25, 0.3) is 0 Å². The Hall–Kier alpha value is -1.14. The van der Waals surface area contributed by atoms with Crippen LogP contribution in [0.2, 0.25) is 0 Å². The first-order chi connectivity index (χ1) is 6.56. The summed E-state index contributed by atoms with van der Waals surface area (Å²) in [6, 6.07) is 3.17. The van der Waals surface area contributed by atoms with Crippen LogP contribution in [0.15, 0.2) is 24.5 Å². The molecule has 1 atom stereocenters. The monoisotopic (exact) mass is 215 g/mol. The van der Waals surface area contributed by atoms with Crippen molar-refractivity contribution in [3.63, 3.8) is 0 Å². The average molecular weight is 215 g/mol. The van der Waals surface area contributed by atoms with Crippen LogP contribution in [0.5, 0.6) is 0 Å². The highest BCUT2D eigenvalue weighted by Gasteiger charge is 2.18. The van der Waals surface area contributed by atoms with E-state index in [-0.39, 0.29) is 6.54 Å². The number of hydrogen-bond acceptors (Lipinski definition) is 4. The topological polar surface area (TPSA) is 85.1 Å². The van der Waals surface area contributed by atoms with Gasteiger partial charge in [-0.2, -0.15) is 0 Å². The third-order valence-corrected chi connectivity index (χ3v) is 3.57. The second-order valence-electron chi connectivity index (χ2n) is 2.93. The molecule has 0 fully saturated rings. The maximum absolute atomic E-state index is 11.5. The summed E-state index contributed by atoms with van der Waals surface area (Å²) in [5, 5.41) is -0.601. The van der Waals surface area contributed by atoms with Gasteiger partial charge < -0.3 is 5.73 Å². The molecule has 5 nitrogen and oxygen atoms in total. The number of hydrogen-bond donors (Lipinski definition) is 2. The van der Waals surface area contributed by atoms with Gasteiger partial charge in [-0.25, -0.2) is 8.42 Å². The normalized spacial score (nSPS) is 13.6. The summed E-state index contributed by atoms with van der Waals surface area (Å²) in [6.07, 6.45) is 3.04. The van der Waals surface area contributed by atoms with E-state index in [1.54, 1.807) is 19.1 Å². The highest BCUT2D eigenvalue weighted by atomic mass is 32.2. The first-order valence-corrected chi connectivity index (χ1v) is 5.72. The molecule has 6 heteroatoms. The van der Waals surface area contributed by atoms with Crippen molar-refractivity contribution < 1.29 is 8.42 Å². The number of nitrogens with two attached hydrogens (primary N) is 1. The molecule has 0 aliphatic heterocycles. The molecule has 0 saturated heterocycles. The van der Waals surface area contributed by atoms with Crippen LogP contribution in [-0.4, -0.2) is 25.2 Å². The van der Waals surface area contributed by atoms with Crippen LogP contribution < -0.4 is 10.5 Å². The predicted molar refractivity (Wildman–Crippen MR) is 55.3 cm³/mol. The highest BCUT2D eigenvalue weighted by Crippen LogP contribution is 2.09. The largest absolute Gasteiger partial charge is 0.329 e. The summed E-state index contributed by atoms with van der Waals surface area (Å²) in [4.78, 5) is 3.78. The molecule has 0 radical (unpaired) electrons. The quantitative estimate of drug-likeness (QED) is 0.749. The fraction of sp³-hybridized carbons (Fsp3) is 0.375. The molecule has 0 saturated carbocycles.